The highest BCUT2D eigenvalue weighted by atomic mass is 16.3. The van der Waals surface area contributed by atoms with E-state index in [1.807, 2.05) is 31.2 Å². The number of aryl methyl sites for hydroxylation is 1. The number of benzene rings is 2. The van der Waals surface area contributed by atoms with Gasteiger partial charge in [-0.1, -0.05) is 37.3 Å². The molecular weight excluding hydrogens is 234 g/mol. The zero-order valence-electron chi connectivity index (χ0n) is 11.8. The zero-order chi connectivity index (χ0) is 13.8. The maximum atomic E-state index is 9.81. The molecule has 0 fully saturated rings. The summed E-state index contributed by atoms with van der Waals surface area (Å²) in [7, 11) is 2.06. The van der Waals surface area contributed by atoms with Crippen molar-refractivity contribution >= 4 is 11.4 Å². The van der Waals surface area contributed by atoms with Gasteiger partial charge in [-0.3, -0.25) is 0 Å². The quantitative estimate of drug-likeness (QED) is 0.884. The predicted molar refractivity (Wildman–Crippen MR) is 80.9 cm³/mol. The summed E-state index contributed by atoms with van der Waals surface area (Å²) < 4.78 is 0. The van der Waals surface area contributed by atoms with Gasteiger partial charge in [0.1, 0.15) is 0 Å². The Hall–Kier alpha value is -1.80. The Bertz CT molecular complexity index is 533. The molecule has 2 nitrogen and oxygen atoms in total. The van der Waals surface area contributed by atoms with E-state index in [0.29, 0.717) is 0 Å². The number of hydrogen-bond acceptors (Lipinski definition) is 2. The minimum atomic E-state index is -0.363. The molecule has 2 rings (SSSR count). The summed E-state index contributed by atoms with van der Waals surface area (Å²) >= 11 is 0. The molecule has 0 aliphatic carbocycles. The number of para-hydroxylation sites is 1. The summed E-state index contributed by atoms with van der Waals surface area (Å²) in [4.78, 5) is 2.16. The molecule has 2 heteroatoms. The minimum Gasteiger partial charge on any atom is -0.388 e. The Morgan fingerprint density at radius 3 is 2.26 bits per heavy atom. The van der Waals surface area contributed by atoms with Crippen molar-refractivity contribution in [1.82, 2.24) is 0 Å². The van der Waals surface area contributed by atoms with Crippen LogP contribution in [0.2, 0.25) is 0 Å². The number of hydrogen-bond donors (Lipinski definition) is 1. The predicted octanol–water partition coefficient (Wildman–Crippen LogP) is 4.21. The molecule has 0 spiro atoms. The Morgan fingerprint density at radius 1 is 1.05 bits per heavy atom. The van der Waals surface area contributed by atoms with Crippen molar-refractivity contribution in [3.05, 3.63) is 59.7 Å². The van der Waals surface area contributed by atoms with Crippen LogP contribution in [0.15, 0.2) is 48.5 Å². The monoisotopic (exact) mass is 255 g/mol. The average Bonchev–Trinajstić information content (AvgIpc) is 2.46. The Kier molecular flexibility index (Phi) is 4.23. The van der Waals surface area contributed by atoms with Crippen LogP contribution in [-0.2, 0) is 0 Å². The van der Waals surface area contributed by atoms with E-state index in [0.717, 1.165) is 17.7 Å². The van der Waals surface area contributed by atoms with Crippen LogP contribution in [0.3, 0.4) is 0 Å². The second-order valence-electron chi connectivity index (χ2n) is 4.86. The van der Waals surface area contributed by atoms with Crippen LogP contribution in [0.4, 0.5) is 11.4 Å². The van der Waals surface area contributed by atoms with Crippen molar-refractivity contribution in [3.63, 3.8) is 0 Å². The molecule has 2 aromatic rings. The molecule has 0 unspecified atom stereocenters. The SMILES string of the molecule is CC[C@@H](O)c1ccc(N(C)c2ccccc2C)cc1. The molecule has 0 aliphatic heterocycles. The van der Waals surface area contributed by atoms with Crippen molar-refractivity contribution in [2.75, 3.05) is 11.9 Å². The van der Waals surface area contributed by atoms with Crippen LogP contribution in [0.25, 0.3) is 0 Å². The first-order chi connectivity index (χ1) is 9.13. The fraction of sp³-hybridized carbons (Fsp3) is 0.294. The van der Waals surface area contributed by atoms with Crippen molar-refractivity contribution in [1.29, 1.82) is 0 Å². The molecule has 0 bridgehead atoms. The lowest BCUT2D eigenvalue weighted by Gasteiger charge is -2.22. The molecule has 0 saturated carbocycles. The number of anilines is 2. The molecule has 0 aliphatic rings. The topological polar surface area (TPSA) is 23.5 Å². The molecule has 19 heavy (non-hydrogen) atoms. The van der Waals surface area contributed by atoms with Gasteiger partial charge in [0, 0.05) is 18.4 Å². The van der Waals surface area contributed by atoms with Gasteiger partial charge in [-0.25, -0.2) is 0 Å². The molecule has 2 aromatic carbocycles. The molecule has 0 aromatic heterocycles. The molecule has 0 radical (unpaired) electrons. The molecule has 100 valence electrons. The molecule has 0 amide bonds. The van der Waals surface area contributed by atoms with E-state index in [9.17, 15) is 5.11 Å². The first-order valence-electron chi connectivity index (χ1n) is 6.71. The van der Waals surface area contributed by atoms with Crippen molar-refractivity contribution in [3.8, 4) is 0 Å². The third-order valence-electron chi connectivity index (χ3n) is 3.53. The normalized spacial score (nSPS) is 12.2. The highest BCUT2D eigenvalue weighted by Crippen LogP contribution is 2.27. The third kappa shape index (κ3) is 2.96. The van der Waals surface area contributed by atoms with E-state index >= 15 is 0 Å². The van der Waals surface area contributed by atoms with Gasteiger partial charge in [-0.05, 0) is 42.7 Å². The van der Waals surface area contributed by atoms with E-state index in [1.165, 1.54) is 11.3 Å². The summed E-state index contributed by atoms with van der Waals surface area (Å²) in [5.41, 5.74) is 4.56. The summed E-state index contributed by atoms with van der Waals surface area (Å²) in [6.45, 7) is 4.10. The Balaban J connectivity index is 2.25. The molecule has 0 heterocycles. The van der Waals surface area contributed by atoms with Crippen LogP contribution in [0.1, 0.15) is 30.6 Å². The molecule has 1 atom stereocenters. The lowest BCUT2D eigenvalue weighted by atomic mass is 10.1. The maximum Gasteiger partial charge on any atom is 0.0787 e. The van der Waals surface area contributed by atoms with Gasteiger partial charge in [0.25, 0.3) is 0 Å². The second-order valence-corrected chi connectivity index (χ2v) is 4.86. The molecule has 0 saturated heterocycles. The summed E-state index contributed by atoms with van der Waals surface area (Å²) in [5, 5.41) is 9.81. The summed E-state index contributed by atoms with van der Waals surface area (Å²) in [6, 6.07) is 16.4. The van der Waals surface area contributed by atoms with Gasteiger partial charge < -0.3 is 10.0 Å². The largest absolute Gasteiger partial charge is 0.388 e. The highest BCUT2D eigenvalue weighted by molar-refractivity contribution is 5.65. The van der Waals surface area contributed by atoms with E-state index in [2.05, 4.69) is 43.1 Å². The Labute approximate surface area is 115 Å². The zero-order valence-corrected chi connectivity index (χ0v) is 11.8. The van der Waals surface area contributed by atoms with Crippen molar-refractivity contribution in [2.24, 2.45) is 0 Å². The number of rotatable bonds is 4. The van der Waals surface area contributed by atoms with Gasteiger partial charge in [0.2, 0.25) is 0 Å². The van der Waals surface area contributed by atoms with Crippen LogP contribution in [0.5, 0.6) is 0 Å². The van der Waals surface area contributed by atoms with Crippen LogP contribution in [-0.4, -0.2) is 12.2 Å². The Morgan fingerprint density at radius 2 is 1.68 bits per heavy atom. The number of aliphatic hydroxyl groups excluding tert-OH is 1. The summed E-state index contributed by atoms with van der Waals surface area (Å²) in [6.07, 6.45) is 0.380. The van der Waals surface area contributed by atoms with Gasteiger partial charge in [-0.2, -0.15) is 0 Å². The highest BCUT2D eigenvalue weighted by Gasteiger charge is 2.08. The van der Waals surface area contributed by atoms with Crippen LogP contribution >= 0.6 is 0 Å². The van der Waals surface area contributed by atoms with Crippen molar-refractivity contribution in [2.45, 2.75) is 26.4 Å². The van der Waals surface area contributed by atoms with Crippen LogP contribution in [0, 0.1) is 6.92 Å². The van der Waals surface area contributed by atoms with E-state index in [1.54, 1.807) is 0 Å². The average molecular weight is 255 g/mol. The minimum absolute atomic E-state index is 0.363. The van der Waals surface area contributed by atoms with Gasteiger partial charge in [0.05, 0.1) is 6.10 Å². The van der Waals surface area contributed by atoms with E-state index < -0.39 is 0 Å². The van der Waals surface area contributed by atoms with Crippen molar-refractivity contribution < 1.29 is 5.11 Å². The van der Waals surface area contributed by atoms with Gasteiger partial charge in [0.15, 0.2) is 0 Å². The fourth-order valence-corrected chi connectivity index (χ4v) is 2.23. The first-order valence-corrected chi connectivity index (χ1v) is 6.71. The summed E-state index contributed by atoms with van der Waals surface area (Å²) in [5.74, 6) is 0. The third-order valence-corrected chi connectivity index (χ3v) is 3.53. The first kappa shape index (κ1) is 13.6. The fourth-order valence-electron chi connectivity index (χ4n) is 2.23. The number of aliphatic hydroxyl groups is 1. The number of nitrogens with zero attached hydrogens (tertiary/aromatic N) is 1. The van der Waals surface area contributed by atoms with Crippen LogP contribution < -0.4 is 4.90 Å². The smallest absolute Gasteiger partial charge is 0.0787 e. The lowest BCUT2D eigenvalue weighted by Crippen LogP contribution is -2.10. The second kappa shape index (κ2) is 5.89. The molecule has 1 N–H and O–H groups in total. The van der Waals surface area contributed by atoms with E-state index in [-0.39, 0.29) is 6.10 Å². The lowest BCUT2D eigenvalue weighted by molar-refractivity contribution is 0.173. The van der Waals surface area contributed by atoms with Gasteiger partial charge >= 0.3 is 0 Å². The van der Waals surface area contributed by atoms with Gasteiger partial charge in [-0.15, -0.1) is 0 Å². The molecular formula is C17H21NO. The standard InChI is InChI=1S/C17H21NO/c1-4-17(19)14-9-11-15(12-10-14)18(3)16-8-6-5-7-13(16)2/h5-12,17,19H,4H2,1-3H3/t17-/m1/s1. The maximum absolute atomic E-state index is 9.81. The van der Waals surface area contributed by atoms with E-state index in [4.69, 9.17) is 0 Å².